The maximum atomic E-state index is 12.9. The van der Waals surface area contributed by atoms with Gasteiger partial charge in [0.25, 0.3) is 5.91 Å². The van der Waals surface area contributed by atoms with E-state index in [4.69, 9.17) is 4.74 Å². The molecule has 2 aromatic carbocycles. The summed E-state index contributed by atoms with van der Waals surface area (Å²) in [7, 11) is -3.35. The SMILES string of the molecule is CCC1(CC)C[C@@H](NC(=O)c2ccc(NS(=O)(=O)CC)cc2)c2ccccc2O1. The Balaban J connectivity index is 1.79. The zero-order chi connectivity index (χ0) is 21.1. The van der Waals surface area contributed by atoms with Crippen LogP contribution in [0.5, 0.6) is 5.75 Å². The minimum absolute atomic E-state index is 0.00496. The molecule has 0 saturated heterocycles. The van der Waals surface area contributed by atoms with Crippen molar-refractivity contribution in [2.75, 3.05) is 10.5 Å². The number of para-hydroxylation sites is 1. The van der Waals surface area contributed by atoms with Crippen molar-refractivity contribution in [2.45, 2.75) is 51.7 Å². The van der Waals surface area contributed by atoms with Gasteiger partial charge in [-0.1, -0.05) is 32.0 Å². The number of hydrogen-bond acceptors (Lipinski definition) is 4. The Labute approximate surface area is 172 Å². The highest BCUT2D eigenvalue weighted by molar-refractivity contribution is 7.92. The number of fused-ring (bicyclic) bond motifs is 1. The zero-order valence-electron chi connectivity index (χ0n) is 17.1. The maximum Gasteiger partial charge on any atom is 0.251 e. The topological polar surface area (TPSA) is 84.5 Å². The highest BCUT2D eigenvalue weighted by atomic mass is 32.2. The molecule has 0 unspecified atom stereocenters. The number of carbonyl (C=O) groups excluding carboxylic acids is 1. The van der Waals surface area contributed by atoms with Crippen molar-refractivity contribution in [3.63, 3.8) is 0 Å². The third-order valence-electron chi connectivity index (χ3n) is 5.59. The minimum Gasteiger partial charge on any atom is -0.487 e. The summed E-state index contributed by atoms with van der Waals surface area (Å²) in [5.41, 5.74) is 1.60. The second-order valence-corrected chi connectivity index (χ2v) is 9.35. The third-order valence-corrected chi connectivity index (χ3v) is 6.90. The average molecular weight is 417 g/mol. The Morgan fingerprint density at radius 3 is 2.34 bits per heavy atom. The van der Waals surface area contributed by atoms with Crippen LogP contribution in [0, 0.1) is 0 Å². The highest BCUT2D eigenvalue weighted by Gasteiger charge is 2.38. The van der Waals surface area contributed by atoms with Crippen LogP contribution in [0.3, 0.4) is 0 Å². The number of ether oxygens (including phenoxy) is 1. The van der Waals surface area contributed by atoms with Gasteiger partial charge in [0.15, 0.2) is 0 Å². The van der Waals surface area contributed by atoms with Gasteiger partial charge in [-0.2, -0.15) is 0 Å². The molecule has 2 N–H and O–H groups in total. The number of anilines is 1. The minimum atomic E-state index is -3.35. The molecule has 1 aliphatic heterocycles. The molecule has 0 fully saturated rings. The predicted octanol–water partition coefficient (Wildman–Crippen LogP) is 4.26. The lowest BCUT2D eigenvalue weighted by molar-refractivity contribution is 0.0227. The van der Waals surface area contributed by atoms with E-state index in [0.29, 0.717) is 17.7 Å². The molecule has 1 atom stereocenters. The van der Waals surface area contributed by atoms with Gasteiger partial charge in [-0.3, -0.25) is 9.52 Å². The fraction of sp³-hybridized carbons (Fsp3) is 0.409. The van der Waals surface area contributed by atoms with E-state index in [0.717, 1.165) is 24.2 Å². The van der Waals surface area contributed by atoms with Gasteiger partial charge in [-0.25, -0.2) is 8.42 Å². The summed E-state index contributed by atoms with van der Waals surface area (Å²) in [6.45, 7) is 5.78. The Morgan fingerprint density at radius 1 is 1.07 bits per heavy atom. The summed E-state index contributed by atoms with van der Waals surface area (Å²) in [5, 5.41) is 3.14. The summed E-state index contributed by atoms with van der Waals surface area (Å²) < 4.78 is 32.1. The van der Waals surface area contributed by atoms with E-state index < -0.39 is 10.0 Å². The fourth-order valence-electron chi connectivity index (χ4n) is 3.61. The van der Waals surface area contributed by atoms with Crippen molar-refractivity contribution in [3.8, 4) is 5.75 Å². The van der Waals surface area contributed by atoms with Crippen molar-refractivity contribution in [1.82, 2.24) is 5.32 Å². The number of benzene rings is 2. The Hall–Kier alpha value is -2.54. The number of carbonyl (C=O) groups is 1. The first-order valence-corrected chi connectivity index (χ1v) is 11.7. The molecule has 0 aromatic heterocycles. The van der Waals surface area contributed by atoms with E-state index >= 15 is 0 Å². The monoisotopic (exact) mass is 416 g/mol. The molecule has 29 heavy (non-hydrogen) atoms. The Morgan fingerprint density at radius 2 is 1.72 bits per heavy atom. The van der Waals surface area contributed by atoms with Gasteiger partial charge in [0, 0.05) is 23.2 Å². The van der Waals surface area contributed by atoms with E-state index in [1.165, 1.54) is 0 Å². The van der Waals surface area contributed by atoms with Gasteiger partial charge in [-0.15, -0.1) is 0 Å². The lowest BCUT2D eigenvalue weighted by atomic mass is 9.83. The predicted molar refractivity (Wildman–Crippen MR) is 115 cm³/mol. The quantitative estimate of drug-likeness (QED) is 0.706. The smallest absolute Gasteiger partial charge is 0.251 e. The van der Waals surface area contributed by atoms with Crippen LogP contribution in [-0.4, -0.2) is 25.7 Å². The highest BCUT2D eigenvalue weighted by Crippen LogP contribution is 2.42. The van der Waals surface area contributed by atoms with E-state index in [1.54, 1.807) is 31.2 Å². The summed E-state index contributed by atoms with van der Waals surface area (Å²) in [4.78, 5) is 12.9. The molecule has 0 spiro atoms. The largest absolute Gasteiger partial charge is 0.487 e. The van der Waals surface area contributed by atoms with Gasteiger partial charge in [0.05, 0.1) is 11.8 Å². The van der Waals surface area contributed by atoms with Crippen molar-refractivity contribution in [3.05, 3.63) is 59.7 Å². The molecule has 156 valence electrons. The zero-order valence-corrected chi connectivity index (χ0v) is 17.9. The molecule has 1 aliphatic rings. The van der Waals surface area contributed by atoms with Crippen LogP contribution in [0.4, 0.5) is 5.69 Å². The van der Waals surface area contributed by atoms with Crippen molar-refractivity contribution < 1.29 is 17.9 Å². The van der Waals surface area contributed by atoms with Crippen LogP contribution >= 0.6 is 0 Å². The Bertz CT molecular complexity index is 967. The van der Waals surface area contributed by atoms with Crippen LogP contribution in [0.15, 0.2) is 48.5 Å². The van der Waals surface area contributed by atoms with Crippen molar-refractivity contribution in [2.24, 2.45) is 0 Å². The Kier molecular flexibility index (Phi) is 6.17. The van der Waals surface area contributed by atoms with Crippen LogP contribution < -0.4 is 14.8 Å². The third kappa shape index (κ3) is 4.72. The molecule has 0 aliphatic carbocycles. The number of amides is 1. The standard InChI is InChI=1S/C22H28N2O4S/c1-4-22(5-2)15-19(18-9-7-8-10-20(18)28-22)23-21(25)16-11-13-17(14-12-16)24-29(26,27)6-3/h7-14,19,24H,4-6,15H2,1-3H3,(H,23,25)/t19-/m1/s1. The number of hydrogen-bond donors (Lipinski definition) is 2. The molecule has 0 radical (unpaired) electrons. The second-order valence-electron chi connectivity index (χ2n) is 7.34. The summed E-state index contributed by atoms with van der Waals surface area (Å²) in [6.07, 6.45) is 2.42. The molecular weight excluding hydrogens is 388 g/mol. The molecule has 0 saturated carbocycles. The summed E-state index contributed by atoms with van der Waals surface area (Å²) in [5.74, 6) is 0.615. The molecular formula is C22H28N2O4S. The van der Waals surface area contributed by atoms with Crippen molar-refractivity contribution in [1.29, 1.82) is 0 Å². The maximum absolute atomic E-state index is 12.9. The summed E-state index contributed by atoms with van der Waals surface area (Å²) in [6, 6.07) is 14.1. The van der Waals surface area contributed by atoms with E-state index in [2.05, 4.69) is 23.9 Å². The van der Waals surface area contributed by atoms with Gasteiger partial charge >= 0.3 is 0 Å². The number of nitrogens with one attached hydrogen (secondary N) is 2. The average Bonchev–Trinajstić information content (AvgIpc) is 2.73. The normalized spacial score (nSPS) is 17.7. The van der Waals surface area contributed by atoms with E-state index in [1.807, 2.05) is 24.3 Å². The van der Waals surface area contributed by atoms with Gasteiger partial charge in [0.1, 0.15) is 11.4 Å². The lowest BCUT2D eigenvalue weighted by Gasteiger charge is -2.41. The van der Waals surface area contributed by atoms with Gasteiger partial charge in [-0.05, 0) is 50.1 Å². The van der Waals surface area contributed by atoms with Crippen LogP contribution in [-0.2, 0) is 10.0 Å². The molecule has 1 amide bonds. The van der Waals surface area contributed by atoms with E-state index in [9.17, 15) is 13.2 Å². The molecule has 1 heterocycles. The number of rotatable bonds is 7. The van der Waals surface area contributed by atoms with Crippen LogP contribution in [0.2, 0.25) is 0 Å². The van der Waals surface area contributed by atoms with Gasteiger partial charge < -0.3 is 10.1 Å². The molecule has 0 bridgehead atoms. The van der Waals surface area contributed by atoms with Gasteiger partial charge in [0.2, 0.25) is 10.0 Å². The lowest BCUT2D eigenvalue weighted by Crippen LogP contribution is -2.44. The first-order chi connectivity index (χ1) is 13.8. The van der Waals surface area contributed by atoms with E-state index in [-0.39, 0.29) is 23.3 Å². The fourth-order valence-corrected chi connectivity index (χ4v) is 4.25. The molecule has 7 heteroatoms. The second kappa shape index (κ2) is 8.45. The van der Waals surface area contributed by atoms with Crippen molar-refractivity contribution >= 4 is 21.6 Å². The molecule has 6 nitrogen and oxygen atoms in total. The van der Waals surface area contributed by atoms with Crippen LogP contribution in [0.25, 0.3) is 0 Å². The van der Waals surface area contributed by atoms with Crippen LogP contribution in [0.1, 0.15) is 62.0 Å². The first-order valence-electron chi connectivity index (χ1n) is 10.0. The molecule has 2 aromatic rings. The molecule has 3 rings (SSSR count). The summed E-state index contributed by atoms with van der Waals surface area (Å²) >= 11 is 0. The first kappa shape index (κ1) is 21.2. The number of sulfonamides is 1.